The Morgan fingerprint density at radius 3 is 2.62 bits per heavy atom. The van der Waals surface area contributed by atoms with E-state index in [1.165, 1.54) is 16.0 Å². The van der Waals surface area contributed by atoms with Gasteiger partial charge in [0.2, 0.25) is 5.91 Å². The Bertz CT molecular complexity index is 716. The van der Waals surface area contributed by atoms with Crippen LogP contribution in [0.3, 0.4) is 0 Å². The van der Waals surface area contributed by atoms with Crippen molar-refractivity contribution in [2.75, 3.05) is 26.3 Å². The number of benzene rings is 1. The summed E-state index contributed by atoms with van der Waals surface area (Å²) in [5.74, 6) is 0.854. The zero-order chi connectivity index (χ0) is 18.4. The summed E-state index contributed by atoms with van der Waals surface area (Å²) < 4.78 is 10.6. The van der Waals surface area contributed by atoms with Crippen molar-refractivity contribution in [2.24, 2.45) is 0 Å². The number of aryl methyl sites for hydroxylation is 2. The van der Waals surface area contributed by atoms with Crippen LogP contribution < -0.4 is 10.2 Å². The van der Waals surface area contributed by atoms with Gasteiger partial charge in [-0.2, -0.15) is 0 Å². The van der Waals surface area contributed by atoms with Crippen molar-refractivity contribution >= 4 is 5.91 Å². The summed E-state index contributed by atoms with van der Waals surface area (Å²) in [6, 6.07) is 8.36. The largest absolute Gasteiger partial charge is 0.370 e. The number of hydrogen-bond acceptors (Lipinski definition) is 4. The van der Waals surface area contributed by atoms with E-state index in [4.69, 9.17) is 9.26 Å². The molecule has 1 aromatic heterocycles. The van der Waals surface area contributed by atoms with E-state index in [0.29, 0.717) is 19.4 Å². The number of rotatable bonds is 7. The lowest BCUT2D eigenvalue weighted by Crippen LogP contribution is -3.12. The topological polar surface area (TPSA) is 68.8 Å². The average molecular weight is 358 g/mol. The van der Waals surface area contributed by atoms with Gasteiger partial charge in [-0.25, -0.2) is 0 Å². The van der Waals surface area contributed by atoms with E-state index < -0.39 is 0 Å². The molecule has 1 fully saturated rings. The second kappa shape index (κ2) is 8.96. The lowest BCUT2D eigenvalue weighted by molar-refractivity contribution is -0.921. The number of nitrogens with one attached hydrogen (secondary N) is 2. The van der Waals surface area contributed by atoms with Crippen LogP contribution in [0, 0.1) is 13.8 Å². The van der Waals surface area contributed by atoms with Gasteiger partial charge in [0.1, 0.15) is 25.4 Å². The van der Waals surface area contributed by atoms with Gasteiger partial charge in [0.15, 0.2) is 0 Å². The van der Waals surface area contributed by atoms with Crippen molar-refractivity contribution < 1.29 is 19.0 Å². The molecule has 0 radical (unpaired) electrons. The number of nitrogens with zero attached hydrogens (tertiary/aromatic N) is 1. The number of carbonyl (C=O) groups is 1. The molecule has 1 saturated heterocycles. The van der Waals surface area contributed by atoms with Crippen molar-refractivity contribution in [1.29, 1.82) is 0 Å². The normalized spacial score (nSPS) is 15.2. The molecule has 1 aliphatic rings. The standard InChI is InChI=1S/C20H27N3O3/c1-15-19(16(2)26-22-15)7-8-20(24)21-13-17-5-3-4-6-18(17)14-23-9-11-25-12-10-23/h3-6H,7-14H2,1-2H3,(H,21,24)/p+1. The molecule has 2 N–H and O–H groups in total. The third-order valence-electron chi connectivity index (χ3n) is 5.02. The van der Waals surface area contributed by atoms with Crippen LogP contribution in [0.15, 0.2) is 28.8 Å². The Morgan fingerprint density at radius 2 is 1.92 bits per heavy atom. The summed E-state index contributed by atoms with van der Waals surface area (Å²) >= 11 is 0. The average Bonchev–Trinajstić information content (AvgIpc) is 2.98. The number of morpholine rings is 1. The van der Waals surface area contributed by atoms with Crippen molar-refractivity contribution in [3.8, 4) is 0 Å². The quantitative estimate of drug-likeness (QED) is 0.773. The molecule has 6 nitrogen and oxygen atoms in total. The number of amides is 1. The molecule has 140 valence electrons. The third kappa shape index (κ3) is 4.93. The van der Waals surface area contributed by atoms with E-state index in [1.54, 1.807) is 0 Å². The summed E-state index contributed by atoms with van der Waals surface area (Å²) in [6.07, 6.45) is 1.10. The van der Waals surface area contributed by atoms with Crippen molar-refractivity contribution in [1.82, 2.24) is 10.5 Å². The fourth-order valence-electron chi connectivity index (χ4n) is 3.39. The summed E-state index contributed by atoms with van der Waals surface area (Å²) in [5.41, 5.74) is 4.40. The van der Waals surface area contributed by atoms with Crippen LogP contribution in [0.25, 0.3) is 0 Å². The Morgan fingerprint density at radius 1 is 1.19 bits per heavy atom. The van der Waals surface area contributed by atoms with E-state index in [9.17, 15) is 4.79 Å². The van der Waals surface area contributed by atoms with Gasteiger partial charge in [-0.1, -0.05) is 29.4 Å². The smallest absolute Gasteiger partial charge is 0.220 e. The lowest BCUT2D eigenvalue weighted by Gasteiger charge is -2.24. The van der Waals surface area contributed by atoms with Gasteiger partial charge in [0.05, 0.1) is 18.9 Å². The number of ether oxygens (including phenoxy) is 1. The van der Waals surface area contributed by atoms with Crippen LogP contribution in [0.2, 0.25) is 0 Å². The first-order chi connectivity index (χ1) is 12.6. The zero-order valence-corrected chi connectivity index (χ0v) is 15.6. The summed E-state index contributed by atoms with van der Waals surface area (Å²) in [6.45, 7) is 9.09. The van der Waals surface area contributed by atoms with E-state index in [-0.39, 0.29) is 5.91 Å². The number of aromatic nitrogens is 1. The minimum absolute atomic E-state index is 0.0542. The van der Waals surface area contributed by atoms with Gasteiger partial charge in [0.25, 0.3) is 0 Å². The molecule has 0 saturated carbocycles. The van der Waals surface area contributed by atoms with Gasteiger partial charge < -0.3 is 19.5 Å². The molecule has 0 aliphatic carbocycles. The first-order valence-electron chi connectivity index (χ1n) is 9.30. The maximum absolute atomic E-state index is 12.3. The molecule has 26 heavy (non-hydrogen) atoms. The van der Waals surface area contributed by atoms with Crippen LogP contribution in [-0.4, -0.2) is 37.4 Å². The molecule has 2 aromatic rings. The maximum atomic E-state index is 12.3. The second-order valence-electron chi connectivity index (χ2n) is 6.89. The molecule has 0 unspecified atom stereocenters. The molecular weight excluding hydrogens is 330 g/mol. The Hall–Kier alpha value is -2.18. The molecule has 0 atom stereocenters. The minimum Gasteiger partial charge on any atom is -0.370 e. The van der Waals surface area contributed by atoms with E-state index in [0.717, 1.165) is 49.9 Å². The highest BCUT2D eigenvalue weighted by molar-refractivity contribution is 5.76. The van der Waals surface area contributed by atoms with Crippen LogP contribution in [-0.2, 0) is 29.0 Å². The SMILES string of the molecule is Cc1noc(C)c1CCC(=O)NCc1ccccc1C[NH+]1CCOCC1. The fraction of sp³-hybridized carbons (Fsp3) is 0.500. The molecule has 6 heteroatoms. The second-order valence-corrected chi connectivity index (χ2v) is 6.89. The fourth-order valence-corrected chi connectivity index (χ4v) is 3.39. The molecule has 2 heterocycles. The lowest BCUT2D eigenvalue weighted by atomic mass is 10.1. The van der Waals surface area contributed by atoms with Crippen LogP contribution in [0.5, 0.6) is 0 Å². The van der Waals surface area contributed by atoms with E-state index >= 15 is 0 Å². The highest BCUT2D eigenvalue weighted by atomic mass is 16.5. The van der Waals surface area contributed by atoms with Crippen molar-refractivity contribution in [3.63, 3.8) is 0 Å². The zero-order valence-electron chi connectivity index (χ0n) is 15.6. The third-order valence-corrected chi connectivity index (χ3v) is 5.02. The molecule has 1 aromatic carbocycles. The van der Waals surface area contributed by atoms with Crippen molar-refractivity contribution in [3.05, 3.63) is 52.4 Å². The van der Waals surface area contributed by atoms with Gasteiger partial charge in [-0.3, -0.25) is 4.79 Å². The van der Waals surface area contributed by atoms with Gasteiger partial charge in [-0.05, 0) is 25.8 Å². The molecule has 1 amide bonds. The first-order valence-corrected chi connectivity index (χ1v) is 9.30. The van der Waals surface area contributed by atoms with Crippen LogP contribution in [0.1, 0.15) is 34.6 Å². The molecule has 0 bridgehead atoms. The predicted molar refractivity (Wildman–Crippen MR) is 97.8 cm³/mol. The van der Waals surface area contributed by atoms with Gasteiger partial charge in [0, 0.05) is 24.1 Å². The molecular formula is C20H28N3O3+. The number of hydrogen-bond donors (Lipinski definition) is 2. The minimum atomic E-state index is 0.0542. The van der Waals surface area contributed by atoms with Gasteiger partial charge >= 0.3 is 0 Å². The Balaban J connectivity index is 1.51. The number of quaternary nitrogens is 1. The monoisotopic (exact) mass is 358 g/mol. The maximum Gasteiger partial charge on any atom is 0.220 e. The predicted octanol–water partition coefficient (Wildman–Crippen LogP) is 0.956. The summed E-state index contributed by atoms with van der Waals surface area (Å²) in [4.78, 5) is 13.8. The number of carbonyl (C=O) groups excluding carboxylic acids is 1. The van der Waals surface area contributed by atoms with Crippen LogP contribution >= 0.6 is 0 Å². The van der Waals surface area contributed by atoms with E-state index in [2.05, 4.69) is 28.7 Å². The van der Waals surface area contributed by atoms with Crippen molar-refractivity contribution in [2.45, 2.75) is 39.8 Å². The highest BCUT2D eigenvalue weighted by Gasteiger charge is 2.16. The van der Waals surface area contributed by atoms with Gasteiger partial charge in [-0.15, -0.1) is 0 Å². The summed E-state index contributed by atoms with van der Waals surface area (Å²) in [5, 5.41) is 6.99. The molecule has 1 aliphatic heterocycles. The van der Waals surface area contributed by atoms with E-state index in [1.807, 2.05) is 19.9 Å². The Labute approximate surface area is 154 Å². The molecule has 3 rings (SSSR count). The molecule has 0 spiro atoms. The highest BCUT2D eigenvalue weighted by Crippen LogP contribution is 2.14. The Kier molecular flexibility index (Phi) is 6.41. The first kappa shape index (κ1) is 18.6. The van der Waals surface area contributed by atoms with Crippen LogP contribution in [0.4, 0.5) is 0 Å². The summed E-state index contributed by atoms with van der Waals surface area (Å²) in [7, 11) is 0.